The third-order valence-corrected chi connectivity index (χ3v) is 4.86. The van der Waals surface area contributed by atoms with Crippen LogP contribution in [0, 0.1) is 12.8 Å². The first-order chi connectivity index (χ1) is 11.0. The average molecular weight is 314 g/mol. The standard InChI is InChI=1S/C18H22N2O3/c1-11-14-5-3-4-6-15(14)23-18(22)16(11)17(21)20-9-7-13(8-10-20)12(2)19/h3-6,12-13H,7-10,19H2,1-2H3. The second-order valence-corrected chi connectivity index (χ2v) is 6.37. The highest BCUT2D eigenvalue weighted by Crippen LogP contribution is 2.23. The summed E-state index contributed by atoms with van der Waals surface area (Å²) in [6.45, 7) is 5.08. The lowest BCUT2D eigenvalue weighted by Crippen LogP contribution is -2.43. The van der Waals surface area contributed by atoms with Crippen molar-refractivity contribution in [1.82, 2.24) is 4.90 Å². The summed E-state index contributed by atoms with van der Waals surface area (Å²) < 4.78 is 5.32. The van der Waals surface area contributed by atoms with Gasteiger partial charge in [0, 0.05) is 24.5 Å². The molecular weight excluding hydrogens is 292 g/mol. The van der Waals surface area contributed by atoms with E-state index in [9.17, 15) is 9.59 Å². The van der Waals surface area contributed by atoms with E-state index >= 15 is 0 Å². The summed E-state index contributed by atoms with van der Waals surface area (Å²) in [5, 5.41) is 0.806. The van der Waals surface area contributed by atoms with Crippen LogP contribution in [-0.2, 0) is 0 Å². The van der Waals surface area contributed by atoms with E-state index in [-0.39, 0.29) is 17.5 Å². The number of para-hydroxylation sites is 1. The Morgan fingerprint density at radius 2 is 1.96 bits per heavy atom. The maximum absolute atomic E-state index is 12.8. The molecule has 0 aliphatic carbocycles. The number of carbonyl (C=O) groups excluding carboxylic acids is 1. The van der Waals surface area contributed by atoms with Gasteiger partial charge in [0.2, 0.25) is 0 Å². The molecule has 2 aromatic rings. The highest BCUT2D eigenvalue weighted by molar-refractivity contribution is 5.99. The number of piperidine rings is 1. The Kier molecular flexibility index (Phi) is 4.22. The van der Waals surface area contributed by atoms with E-state index in [0.29, 0.717) is 30.2 Å². The molecule has 122 valence electrons. The molecule has 0 saturated carbocycles. The molecule has 2 heterocycles. The van der Waals surface area contributed by atoms with Crippen LogP contribution in [0.4, 0.5) is 0 Å². The summed E-state index contributed by atoms with van der Waals surface area (Å²) in [5.74, 6) is 0.207. The molecule has 1 aromatic carbocycles. The van der Waals surface area contributed by atoms with Crippen molar-refractivity contribution in [3.8, 4) is 0 Å². The van der Waals surface area contributed by atoms with E-state index < -0.39 is 5.63 Å². The van der Waals surface area contributed by atoms with Gasteiger partial charge in [-0.3, -0.25) is 4.79 Å². The van der Waals surface area contributed by atoms with Gasteiger partial charge in [-0.25, -0.2) is 4.79 Å². The minimum absolute atomic E-state index is 0.139. The van der Waals surface area contributed by atoms with E-state index in [2.05, 4.69) is 0 Å². The zero-order chi connectivity index (χ0) is 16.6. The normalized spacial score (nSPS) is 17.4. The molecule has 5 heteroatoms. The first-order valence-electron chi connectivity index (χ1n) is 8.06. The average Bonchev–Trinajstić information content (AvgIpc) is 2.54. The molecule has 0 spiro atoms. The lowest BCUT2D eigenvalue weighted by atomic mass is 9.90. The Morgan fingerprint density at radius 3 is 2.61 bits per heavy atom. The van der Waals surface area contributed by atoms with Crippen LogP contribution in [0.1, 0.15) is 35.7 Å². The maximum Gasteiger partial charge on any atom is 0.349 e. The van der Waals surface area contributed by atoms with Crippen molar-refractivity contribution < 1.29 is 9.21 Å². The van der Waals surface area contributed by atoms with Crippen LogP contribution >= 0.6 is 0 Å². The number of rotatable bonds is 2. The molecule has 1 aliphatic rings. The summed E-state index contributed by atoms with van der Waals surface area (Å²) in [6, 6.07) is 7.43. The summed E-state index contributed by atoms with van der Waals surface area (Å²) >= 11 is 0. The summed E-state index contributed by atoms with van der Waals surface area (Å²) in [5.41, 5.74) is 6.75. The van der Waals surface area contributed by atoms with Crippen LogP contribution in [-0.4, -0.2) is 29.9 Å². The van der Waals surface area contributed by atoms with Crippen LogP contribution < -0.4 is 11.4 Å². The van der Waals surface area contributed by atoms with Gasteiger partial charge >= 0.3 is 5.63 Å². The number of nitrogens with zero attached hydrogens (tertiary/aromatic N) is 1. The highest BCUT2D eigenvalue weighted by Gasteiger charge is 2.28. The van der Waals surface area contributed by atoms with Crippen molar-refractivity contribution in [3.63, 3.8) is 0 Å². The van der Waals surface area contributed by atoms with Crippen LogP contribution in [0.3, 0.4) is 0 Å². The second-order valence-electron chi connectivity index (χ2n) is 6.37. The van der Waals surface area contributed by atoms with E-state index in [1.807, 2.05) is 25.1 Å². The molecule has 1 amide bonds. The Balaban J connectivity index is 1.92. The van der Waals surface area contributed by atoms with Gasteiger partial charge in [0.1, 0.15) is 11.1 Å². The summed E-state index contributed by atoms with van der Waals surface area (Å²) in [6.07, 6.45) is 1.75. The molecule has 1 atom stereocenters. The largest absolute Gasteiger partial charge is 0.422 e. The van der Waals surface area contributed by atoms with Gasteiger partial charge in [-0.15, -0.1) is 0 Å². The molecule has 1 aliphatic heterocycles. The predicted molar refractivity (Wildman–Crippen MR) is 89.5 cm³/mol. The van der Waals surface area contributed by atoms with Gasteiger partial charge in [-0.05, 0) is 44.2 Å². The molecular formula is C18H22N2O3. The van der Waals surface area contributed by atoms with Gasteiger partial charge in [0.25, 0.3) is 5.91 Å². The molecule has 3 rings (SSSR count). The third-order valence-electron chi connectivity index (χ3n) is 4.86. The minimum atomic E-state index is -0.555. The molecule has 23 heavy (non-hydrogen) atoms. The quantitative estimate of drug-likeness (QED) is 0.863. The zero-order valence-corrected chi connectivity index (χ0v) is 13.5. The Morgan fingerprint density at radius 1 is 1.30 bits per heavy atom. The lowest BCUT2D eigenvalue weighted by Gasteiger charge is -2.33. The number of likely N-dealkylation sites (tertiary alicyclic amines) is 1. The van der Waals surface area contributed by atoms with Gasteiger partial charge in [0.05, 0.1) is 0 Å². The van der Waals surface area contributed by atoms with Crippen LogP contribution in [0.15, 0.2) is 33.5 Å². The van der Waals surface area contributed by atoms with Crippen molar-refractivity contribution in [2.75, 3.05) is 13.1 Å². The Labute approximate surface area is 135 Å². The number of nitrogens with two attached hydrogens (primary N) is 1. The number of fused-ring (bicyclic) bond motifs is 1. The van der Waals surface area contributed by atoms with E-state index in [4.69, 9.17) is 10.2 Å². The molecule has 1 saturated heterocycles. The van der Waals surface area contributed by atoms with Crippen molar-refractivity contribution in [2.24, 2.45) is 11.7 Å². The fourth-order valence-corrected chi connectivity index (χ4v) is 3.34. The predicted octanol–water partition coefficient (Wildman–Crippen LogP) is 2.30. The highest BCUT2D eigenvalue weighted by atomic mass is 16.4. The zero-order valence-electron chi connectivity index (χ0n) is 13.5. The summed E-state index contributed by atoms with van der Waals surface area (Å²) in [7, 11) is 0. The fraction of sp³-hybridized carbons (Fsp3) is 0.444. The van der Waals surface area contributed by atoms with E-state index in [1.54, 1.807) is 17.9 Å². The SMILES string of the molecule is Cc1c(C(=O)N2CCC(C(C)N)CC2)c(=O)oc2ccccc12. The van der Waals surface area contributed by atoms with Gasteiger partial charge < -0.3 is 15.1 Å². The lowest BCUT2D eigenvalue weighted by molar-refractivity contribution is 0.0676. The second kappa shape index (κ2) is 6.16. The number of aryl methyl sites for hydroxylation is 1. The first kappa shape index (κ1) is 15.7. The molecule has 1 fully saturated rings. The van der Waals surface area contributed by atoms with E-state index in [0.717, 1.165) is 18.2 Å². The topological polar surface area (TPSA) is 76.5 Å². The van der Waals surface area contributed by atoms with E-state index in [1.165, 1.54) is 0 Å². The molecule has 0 radical (unpaired) electrons. The minimum Gasteiger partial charge on any atom is -0.422 e. The number of hydrogen-bond acceptors (Lipinski definition) is 4. The molecule has 1 unspecified atom stereocenters. The van der Waals surface area contributed by atoms with Gasteiger partial charge in [0.15, 0.2) is 0 Å². The third kappa shape index (κ3) is 2.88. The van der Waals surface area contributed by atoms with Gasteiger partial charge in [-0.1, -0.05) is 18.2 Å². The monoisotopic (exact) mass is 314 g/mol. The van der Waals surface area contributed by atoms with Crippen molar-refractivity contribution in [2.45, 2.75) is 32.7 Å². The number of amides is 1. The maximum atomic E-state index is 12.8. The van der Waals surface area contributed by atoms with Crippen LogP contribution in [0.5, 0.6) is 0 Å². The van der Waals surface area contributed by atoms with Crippen LogP contribution in [0.2, 0.25) is 0 Å². The molecule has 5 nitrogen and oxygen atoms in total. The van der Waals surface area contributed by atoms with Gasteiger partial charge in [-0.2, -0.15) is 0 Å². The molecule has 0 bridgehead atoms. The van der Waals surface area contributed by atoms with Crippen molar-refractivity contribution >= 4 is 16.9 Å². The first-order valence-corrected chi connectivity index (χ1v) is 8.06. The summed E-state index contributed by atoms with van der Waals surface area (Å²) in [4.78, 5) is 26.8. The smallest absolute Gasteiger partial charge is 0.349 e. The Bertz CT molecular complexity index is 786. The molecule has 1 aromatic heterocycles. The van der Waals surface area contributed by atoms with Crippen LogP contribution in [0.25, 0.3) is 11.0 Å². The Hall–Kier alpha value is -2.14. The fourth-order valence-electron chi connectivity index (χ4n) is 3.34. The molecule has 2 N–H and O–H groups in total. The van der Waals surface area contributed by atoms with Crippen molar-refractivity contribution in [1.29, 1.82) is 0 Å². The van der Waals surface area contributed by atoms with Crippen molar-refractivity contribution in [3.05, 3.63) is 45.8 Å². The number of benzene rings is 1. The number of hydrogen-bond donors (Lipinski definition) is 1. The number of carbonyl (C=O) groups is 1.